The molecule has 0 unspecified atom stereocenters. The van der Waals surface area contributed by atoms with Gasteiger partial charge >= 0.3 is 0 Å². The molecule has 0 aliphatic carbocycles. The lowest BCUT2D eigenvalue weighted by Gasteiger charge is -2.24. The van der Waals surface area contributed by atoms with E-state index in [0.717, 1.165) is 11.3 Å². The Hall–Kier alpha value is -3.40. The van der Waals surface area contributed by atoms with Gasteiger partial charge in [0.1, 0.15) is 0 Å². The van der Waals surface area contributed by atoms with E-state index in [4.69, 9.17) is 0 Å². The highest BCUT2D eigenvalue weighted by Crippen LogP contribution is 2.42. The highest BCUT2D eigenvalue weighted by Gasteiger charge is 2.23. The van der Waals surface area contributed by atoms with Crippen molar-refractivity contribution < 1.29 is 5.11 Å². The van der Waals surface area contributed by atoms with Gasteiger partial charge in [-0.05, 0) is 36.6 Å². The first-order valence-electron chi connectivity index (χ1n) is 11.9. The number of rotatable bonds is 10. The number of fused-ring (bicyclic) bond motifs is 1. The van der Waals surface area contributed by atoms with Crippen molar-refractivity contribution in [3.63, 3.8) is 0 Å². The smallest absolute Gasteiger partial charge is 0.0846 e. The molecule has 0 aliphatic rings. The number of benzene rings is 3. The summed E-state index contributed by atoms with van der Waals surface area (Å²) in [4.78, 5) is 2.16. The van der Waals surface area contributed by atoms with E-state index in [-0.39, 0.29) is 0 Å². The van der Waals surface area contributed by atoms with Crippen LogP contribution in [0.5, 0.6) is 0 Å². The number of aliphatic hydroxyl groups is 1. The van der Waals surface area contributed by atoms with Gasteiger partial charge < -0.3 is 9.67 Å². The van der Waals surface area contributed by atoms with Crippen LogP contribution in [0.2, 0.25) is 0 Å². The topological polar surface area (TPSA) is 28.4 Å². The molecule has 0 spiro atoms. The molecule has 4 rings (SSSR count). The van der Waals surface area contributed by atoms with Crippen LogP contribution in [0.25, 0.3) is 33.3 Å². The van der Waals surface area contributed by atoms with Crippen LogP contribution in [0, 0.1) is 13.8 Å². The molecule has 3 heteroatoms. The van der Waals surface area contributed by atoms with Gasteiger partial charge in [0, 0.05) is 30.6 Å². The third kappa shape index (κ3) is 4.91. The minimum Gasteiger partial charge on any atom is -0.390 e. The second-order valence-corrected chi connectivity index (χ2v) is 8.99. The molecule has 174 valence electrons. The van der Waals surface area contributed by atoms with Gasteiger partial charge in [0.05, 0.1) is 23.9 Å². The Labute approximate surface area is 203 Å². The van der Waals surface area contributed by atoms with Crippen LogP contribution in [-0.4, -0.2) is 40.3 Å². The maximum atomic E-state index is 11.3. The molecule has 34 heavy (non-hydrogen) atoms. The SMILES string of the molecule is C=CCN(CC=C)C[C@@H](O)Cn1c(-c2ccccc2)c(-c2ccccc2)c2cc(C)cc(C)c21. The van der Waals surface area contributed by atoms with Crippen molar-refractivity contribution >= 4 is 10.9 Å². The van der Waals surface area contributed by atoms with Crippen LogP contribution < -0.4 is 0 Å². The first-order chi connectivity index (χ1) is 16.5. The third-order valence-corrected chi connectivity index (χ3v) is 6.24. The highest BCUT2D eigenvalue weighted by molar-refractivity contribution is 6.06. The molecule has 0 radical (unpaired) electrons. The second kappa shape index (κ2) is 10.7. The van der Waals surface area contributed by atoms with Gasteiger partial charge in [-0.1, -0.05) is 84.4 Å². The summed E-state index contributed by atoms with van der Waals surface area (Å²) < 4.78 is 2.33. The molecule has 0 amide bonds. The van der Waals surface area contributed by atoms with Crippen molar-refractivity contribution in [1.82, 2.24) is 9.47 Å². The maximum absolute atomic E-state index is 11.3. The zero-order valence-electron chi connectivity index (χ0n) is 20.2. The van der Waals surface area contributed by atoms with E-state index in [1.165, 1.54) is 33.2 Å². The Bertz CT molecular complexity index is 1260. The molecule has 0 aliphatic heterocycles. The van der Waals surface area contributed by atoms with Gasteiger partial charge in [0.25, 0.3) is 0 Å². The van der Waals surface area contributed by atoms with Crippen LogP contribution in [0.15, 0.2) is 98.1 Å². The van der Waals surface area contributed by atoms with Gasteiger partial charge in [0.2, 0.25) is 0 Å². The van der Waals surface area contributed by atoms with Crippen LogP contribution in [0.4, 0.5) is 0 Å². The predicted octanol–water partition coefficient (Wildman–Crippen LogP) is 6.63. The van der Waals surface area contributed by atoms with E-state index in [2.05, 4.69) is 103 Å². The number of aromatic nitrogens is 1. The molecule has 1 atom stereocenters. The van der Waals surface area contributed by atoms with Gasteiger partial charge in [-0.15, -0.1) is 13.2 Å². The predicted molar refractivity (Wildman–Crippen MR) is 145 cm³/mol. The summed E-state index contributed by atoms with van der Waals surface area (Å²) in [5.74, 6) is 0. The second-order valence-electron chi connectivity index (χ2n) is 8.99. The van der Waals surface area contributed by atoms with E-state index in [9.17, 15) is 5.11 Å². The summed E-state index contributed by atoms with van der Waals surface area (Å²) in [6.45, 7) is 14.5. The standard InChI is InChI=1S/C31H34N2O/c1-5-17-32(18-6-2)21-27(34)22-33-30-24(4)19-23(3)20-28(30)29(25-13-9-7-10-14-25)31(33)26-15-11-8-12-16-26/h5-16,19-20,27,34H,1-2,17-18,21-22H2,3-4H3/t27-/m1/s1. The average molecular weight is 451 g/mol. The summed E-state index contributed by atoms with van der Waals surface area (Å²) in [5.41, 5.74) is 8.34. The Morgan fingerprint density at radius 1 is 0.882 bits per heavy atom. The molecule has 4 aromatic rings. The summed E-state index contributed by atoms with van der Waals surface area (Å²) >= 11 is 0. The fraction of sp³-hybridized carbons (Fsp3) is 0.226. The number of aliphatic hydroxyl groups excluding tert-OH is 1. The van der Waals surface area contributed by atoms with Crippen molar-refractivity contribution in [1.29, 1.82) is 0 Å². The van der Waals surface area contributed by atoms with Crippen molar-refractivity contribution in [3.05, 3.63) is 109 Å². The molecule has 0 saturated heterocycles. The van der Waals surface area contributed by atoms with Gasteiger partial charge in [0.15, 0.2) is 0 Å². The fourth-order valence-corrected chi connectivity index (χ4v) is 5.01. The minimum atomic E-state index is -0.540. The largest absolute Gasteiger partial charge is 0.390 e. The van der Waals surface area contributed by atoms with Crippen molar-refractivity contribution in [2.24, 2.45) is 0 Å². The summed E-state index contributed by atoms with van der Waals surface area (Å²) in [7, 11) is 0. The normalized spacial score (nSPS) is 12.2. The molecule has 0 fully saturated rings. The monoisotopic (exact) mass is 450 g/mol. The quantitative estimate of drug-likeness (QED) is 0.275. The lowest BCUT2D eigenvalue weighted by atomic mass is 9.97. The third-order valence-electron chi connectivity index (χ3n) is 6.24. The molecule has 3 aromatic carbocycles. The maximum Gasteiger partial charge on any atom is 0.0846 e. The van der Waals surface area contributed by atoms with Gasteiger partial charge in [-0.25, -0.2) is 0 Å². The van der Waals surface area contributed by atoms with Crippen molar-refractivity contribution in [2.75, 3.05) is 19.6 Å². The first kappa shape index (κ1) is 23.7. The van der Waals surface area contributed by atoms with E-state index in [0.29, 0.717) is 26.2 Å². The molecule has 3 nitrogen and oxygen atoms in total. The fourth-order valence-electron chi connectivity index (χ4n) is 5.01. The number of nitrogens with zero attached hydrogens (tertiary/aromatic N) is 2. The van der Waals surface area contributed by atoms with Crippen LogP contribution in [0.1, 0.15) is 11.1 Å². The molecule has 1 aromatic heterocycles. The summed E-state index contributed by atoms with van der Waals surface area (Å²) in [6.07, 6.45) is 3.20. The molecular formula is C31H34N2O. The Morgan fingerprint density at radius 3 is 2.06 bits per heavy atom. The molecule has 0 saturated carbocycles. The first-order valence-corrected chi connectivity index (χ1v) is 11.9. The lowest BCUT2D eigenvalue weighted by molar-refractivity contribution is 0.110. The molecule has 1 heterocycles. The van der Waals surface area contributed by atoms with Crippen molar-refractivity contribution in [3.8, 4) is 22.4 Å². The Balaban J connectivity index is 1.93. The molecular weight excluding hydrogens is 416 g/mol. The van der Waals surface area contributed by atoms with Crippen molar-refractivity contribution in [2.45, 2.75) is 26.5 Å². The van der Waals surface area contributed by atoms with E-state index >= 15 is 0 Å². The zero-order valence-corrected chi connectivity index (χ0v) is 20.2. The summed E-state index contributed by atoms with van der Waals surface area (Å²) in [5, 5.41) is 12.5. The van der Waals surface area contributed by atoms with E-state index in [1.54, 1.807) is 0 Å². The van der Waals surface area contributed by atoms with Crippen LogP contribution in [0.3, 0.4) is 0 Å². The number of hydrogen-bond donors (Lipinski definition) is 1. The van der Waals surface area contributed by atoms with Gasteiger partial charge in [-0.3, -0.25) is 4.90 Å². The van der Waals surface area contributed by atoms with Gasteiger partial charge in [-0.2, -0.15) is 0 Å². The molecule has 0 bridgehead atoms. The average Bonchev–Trinajstić information content (AvgIpc) is 3.14. The zero-order chi connectivity index (χ0) is 24.1. The summed E-state index contributed by atoms with van der Waals surface area (Å²) in [6, 6.07) is 25.6. The lowest BCUT2D eigenvalue weighted by Crippen LogP contribution is -2.35. The van der Waals surface area contributed by atoms with Crippen LogP contribution >= 0.6 is 0 Å². The Morgan fingerprint density at radius 2 is 1.47 bits per heavy atom. The van der Waals surface area contributed by atoms with Crippen LogP contribution in [-0.2, 0) is 6.54 Å². The van der Waals surface area contributed by atoms with E-state index < -0.39 is 6.10 Å². The number of aryl methyl sites for hydroxylation is 2. The Kier molecular flexibility index (Phi) is 7.46. The minimum absolute atomic E-state index is 0.502. The highest BCUT2D eigenvalue weighted by atomic mass is 16.3. The van der Waals surface area contributed by atoms with E-state index in [1.807, 2.05) is 18.2 Å². The number of hydrogen-bond acceptors (Lipinski definition) is 2. The molecule has 1 N–H and O–H groups in total.